The molecule has 6 heteroatoms. The first-order valence-corrected chi connectivity index (χ1v) is 7.29. The van der Waals surface area contributed by atoms with Gasteiger partial charge < -0.3 is 10.0 Å². The summed E-state index contributed by atoms with van der Waals surface area (Å²) in [4.78, 5) is 14.2. The molecule has 3 nitrogen and oxygen atoms in total. The van der Waals surface area contributed by atoms with Gasteiger partial charge in [0.1, 0.15) is 0 Å². The number of carbonyl (C=O) groups excluding carboxylic acids is 1. The molecule has 1 amide bonds. The van der Waals surface area contributed by atoms with E-state index in [2.05, 4.69) is 0 Å². The van der Waals surface area contributed by atoms with E-state index in [9.17, 15) is 4.79 Å². The van der Waals surface area contributed by atoms with E-state index in [-0.39, 0.29) is 18.3 Å². The first-order chi connectivity index (χ1) is 8.58. The molecule has 0 aliphatic heterocycles. The fraction of sp³-hybridized carbons (Fsp3) is 0.417. The van der Waals surface area contributed by atoms with Gasteiger partial charge in [-0.25, -0.2) is 0 Å². The van der Waals surface area contributed by atoms with Gasteiger partial charge >= 0.3 is 0 Å². The maximum Gasteiger partial charge on any atom is 0.233 e. The first-order valence-electron chi connectivity index (χ1n) is 5.55. The molecule has 0 bridgehead atoms. The van der Waals surface area contributed by atoms with Gasteiger partial charge in [0.15, 0.2) is 0 Å². The largest absolute Gasteiger partial charge is 0.395 e. The number of hydrogen-bond donors (Lipinski definition) is 1. The average molecular weight is 308 g/mol. The summed E-state index contributed by atoms with van der Waals surface area (Å²) in [6, 6.07) is 5.16. The van der Waals surface area contributed by atoms with E-state index in [1.54, 1.807) is 23.1 Å². The Bertz CT molecular complexity index is 415. The van der Waals surface area contributed by atoms with E-state index in [1.807, 2.05) is 6.92 Å². The van der Waals surface area contributed by atoms with Crippen molar-refractivity contribution in [2.45, 2.75) is 11.8 Å². The van der Waals surface area contributed by atoms with Gasteiger partial charge in [-0.15, -0.1) is 11.8 Å². The lowest BCUT2D eigenvalue weighted by molar-refractivity contribution is -0.128. The topological polar surface area (TPSA) is 40.5 Å². The number of rotatable bonds is 6. The van der Waals surface area contributed by atoms with Crippen LogP contribution >= 0.6 is 35.0 Å². The fourth-order valence-electron chi connectivity index (χ4n) is 1.40. The predicted octanol–water partition coefficient (Wildman–Crippen LogP) is 2.93. The predicted molar refractivity (Wildman–Crippen MR) is 76.5 cm³/mol. The van der Waals surface area contributed by atoms with Crippen molar-refractivity contribution in [1.82, 2.24) is 4.90 Å². The standard InChI is InChI=1S/C12H15Cl2NO2S/c1-2-15(5-6-16)12(17)8-18-11-7-9(13)3-4-10(11)14/h3-4,7,16H,2,5-6,8H2,1H3. The molecule has 0 saturated heterocycles. The summed E-state index contributed by atoms with van der Waals surface area (Å²) in [6.07, 6.45) is 0. The number of halogens is 2. The smallest absolute Gasteiger partial charge is 0.233 e. The number of carbonyl (C=O) groups is 1. The molecule has 0 unspecified atom stereocenters. The second-order valence-corrected chi connectivity index (χ2v) is 5.42. The highest BCUT2D eigenvalue weighted by molar-refractivity contribution is 8.00. The van der Waals surface area contributed by atoms with Crippen LogP contribution in [-0.2, 0) is 4.79 Å². The zero-order chi connectivity index (χ0) is 13.5. The van der Waals surface area contributed by atoms with Gasteiger partial charge in [0.2, 0.25) is 5.91 Å². The number of hydrogen-bond acceptors (Lipinski definition) is 3. The first kappa shape index (κ1) is 15.6. The quantitative estimate of drug-likeness (QED) is 0.822. The van der Waals surface area contributed by atoms with E-state index < -0.39 is 0 Å². The van der Waals surface area contributed by atoms with Gasteiger partial charge in [-0.05, 0) is 25.1 Å². The molecule has 1 rings (SSSR count). The average Bonchev–Trinajstić information content (AvgIpc) is 2.36. The molecule has 0 saturated carbocycles. The lowest BCUT2D eigenvalue weighted by atomic mass is 10.4. The van der Waals surface area contributed by atoms with Gasteiger partial charge in [-0.2, -0.15) is 0 Å². The second kappa shape index (κ2) is 7.89. The van der Waals surface area contributed by atoms with Crippen LogP contribution in [0, 0.1) is 0 Å². The Hall–Kier alpha value is -0.420. The molecule has 18 heavy (non-hydrogen) atoms. The monoisotopic (exact) mass is 307 g/mol. The van der Waals surface area contributed by atoms with Gasteiger partial charge in [0, 0.05) is 23.0 Å². The van der Waals surface area contributed by atoms with Crippen molar-refractivity contribution >= 4 is 40.9 Å². The summed E-state index contributed by atoms with van der Waals surface area (Å²) >= 11 is 13.2. The molecule has 0 spiro atoms. The van der Waals surface area contributed by atoms with Crippen molar-refractivity contribution < 1.29 is 9.90 Å². The van der Waals surface area contributed by atoms with Crippen molar-refractivity contribution in [3.8, 4) is 0 Å². The van der Waals surface area contributed by atoms with Gasteiger partial charge in [0.25, 0.3) is 0 Å². The number of thioether (sulfide) groups is 1. The summed E-state index contributed by atoms with van der Waals surface area (Å²) in [6.45, 7) is 2.80. The van der Waals surface area contributed by atoms with E-state index in [1.165, 1.54) is 11.8 Å². The van der Waals surface area contributed by atoms with E-state index in [0.29, 0.717) is 23.1 Å². The fourth-order valence-corrected chi connectivity index (χ4v) is 2.79. The molecule has 0 radical (unpaired) electrons. The van der Waals surface area contributed by atoms with Crippen LogP contribution in [0.25, 0.3) is 0 Å². The Labute approximate surface area is 121 Å². The Balaban J connectivity index is 2.58. The van der Waals surface area contributed by atoms with Crippen LogP contribution < -0.4 is 0 Å². The lowest BCUT2D eigenvalue weighted by Gasteiger charge is -2.19. The number of benzene rings is 1. The van der Waals surface area contributed by atoms with Crippen molar-refractivity contribution in [2.75, 3.05) is 25.4 Å². The zero-order valence-corrected chi connectivity index (χ0v) is 12.4. The molecule has 1 N–H and O–H groups in total. The number of nitrogens with zero attached hydrogens (tertiary/aromatic N) is 1. The molecule has 0 aromatic heterocycles. The molecular formula is C12H15Cl2NO2S. The highest BCUT2D eigenvalue weighted by Gasteiger charge is 2.12. The summed E-state index contributed by atoms with van der Waals surface area (Å²) in [5.74, 6) is 0.265. The minimum atomic E-state index is -0.0256. The summed E-state index contributed by atoms with van der Waals surface area (Å²) in [7, 11) is 0. The molecular weight excluding hydrogens is 293 g/mol. The minimum Gasteiger partial charge on any atom is -0.395 e. The molecule has 0 aliphatic rings. The van der Waals surface area contributed by atoms with E-state index in [4.69, 9.17) is 28.3 Å². The molecule has 100 valence electrons. The van der Waals surface area contributed by atoms with Crippen LogP contribution in [0.1, 0.15) is 6.92 Å². The zero-order valence-electron chi connectivity index (χ0n) is 10.0. The molecule has 1 aromatic carbocycles. The van der Waals surface area contributed by atoms with Crippen molar-refractivity contribution in [1.29, 1.82) is 0 Å². The van der Waals surface area contributed by atoms with E-state index in [0.717, 1.165) is 4.90 Å². The summed E-state index contributed by atoms with van der Waals surface area (Å²) in [5, 5.41) is 10.0. The van der Waals surface area contributed by atoms with Crippen LogP contribution in [0.15, 0.2) is 23.1 Å². The van der Waals surface area contributed by atoms with E-state index >= 15 is 0 Å². The van der Waals surface area contributed by atoms with Crippen molar-refractivity contribution in [3.05, 3.63) is 28.2 Å². The van der Waals surface area contributed by atoms with Gasteiger partial charge in [-0.3, -0.25) is 4.79 Å². The normalized spacial score (nSPS) is 10.4. The Morgan fingerprint density at radius 2 is 2.17 bits per heavy atom. The highest BCUT2D eigenvalue weighted by atomic mass is 35.5. The van der Waals surface area contributed by atoms with Crippen LogP contribution in [0.4, 0.5) is 0 Å². The third-order valence-electron chi connectivity index (χ3n) is 2.35. The molecule has 1 aromatic rings. The summed E-state index contributed by atoms with van der Waals surface area (Å²) < 4.78 is 0. The van der Waals surface area contributed by atoms with Crippen LogP contribution in [0.2, 0.25) is 10.0 Å². The molecule has 0 aliphatic carbocycles. The van der Waals surface area contributed by atoms with Crippen LogP contribution in [-0.4, -0.2) is 41.4 Å². The Morgan fingerprint density at radius 1 is 1.44 bits per heavy atom. The van der Waals surface area contributed by atoms with Crippen molar-refractivity contribution in [2.24, 2.45) is 0 Å². The third kappa shape index (κ3) is 4.69. The lowest BCUT2D eigenvalue weighted by Crippen LogP contribution is -2.34. The van der Waals surface area contributed by atoms with Crippen molar-refractivity contribution in [3.63, 3.8) is 0 Å². The molecule has 0 fully saturated rings. The maximum absolute atomic E-state index is 11.9. The highest BCUT2D eigenvalue weighted by Crippen LogP contribution is 2.29. The molecule has 0 atom stereocenters. The Kier molecular flexibility index (Phi) is 6.86. The van der Waals surface area contributed by atoms with Gasteiger partial charge in [-0.1, -0.05) is 23.2 Å². The second-order valence-electron chi connectivity index (χ2n) is 3.56. The number of aliphatic hydroxyl groups excluding tert-OH is 1. The minimum absolute atomic E-state index is 0.0207. The maximum atomic E-state index is 11.9. The summed E-state index contributed by atoms with van der Waals surface area (Å²) in [5.41, 5.74) is 0. The SMILES string of the molecule is CCN(CCO)C(=O)CSc1cc(Cl)ccc1Cl. The molecule has 0 heterocycles. The third-order valence-corrected chi connectivity index (χ3v) is 4.07. The Morgan fingerprint density at radius 3 is 2.78 bits per heavy atom. The van der Waals surface area contributed by atoms with Crippen LogP contribution in [0.3, 0.4) is 0 Å². The van der Waals surface area contributed by atoms with Crippen LogP contribution in [0.5, 0.6) is 0 Å². The number of aliphatic hydroxyl groups is 1. The number of likely N-dealkylation sites (N-methyl/N-ethyl adjacent to an activating group) is 1. The number of amides is 1. The van der Waals surface area contributed by atoms with Gasteiger partial charge in [0.05, 0.1) is 17.4 Å².